The van der Waals surface area contributed by atoms with E-state index < -0.39 is 0 Å². The molecule has 52 valence electrons. The van der Waals surface area contributed by atoms with Gasteiger partial charge in [-0.15, -0.1) is 0 Å². The molecule has 0 N–H and O–H groups in total. The predicted molar refractivity (Wildman–Crippen MR) is 48.7 cm³/mol. The van der Waals surface area contributed by atoms with Gasteiger partial charge in [0.05, 0.1) is 7.85 Å². The summed E-state index contributed by atoms with van der Waals surface area (Å²) in [6.07, 6.45) is 0.953. The van der Waals surface area contributed by atoms with Crippen molar-refractivity contribution in [3.8, 4) is 0 Å². The highest BCUT2D eigenvalue weighted by atomic mass is 14.2. The van der Waals surface area contributed by atoms with Crippen molar-refractivity contribution < 1.29 is 0 Å². The van der Waals surface area contributed by atoms with E-state index in [0.29, 0.717) is 0 Å². The van der Waals surface area contributed by atoms with E-state index in [1.54, 1.807) is 0 Å². The summed E-state index contributed by atoms with van der Waals surface area (Å²) in [4.78, 5) is 0. The Labute approximate surface area is 68.3 Å². The minimum Gasteiger partial charge on any atom is -0.0957 e. The molecule has 0 aromatic heterocycles. The molecule has 0 amide bonds. The van der Waals surface area contributed by atoms with E-state index in [1.165, 1.54) is 11.1 Å². The number of fused-ring (bicyclic) bond motifs is 1. The van der Waals surface area contributed by atoms with Crippen LogP contribution in [0.4, 0.5) is 0 Å². The van der Waals surface area contributed by atoms with Crippen molar-refractivity contribution >= 4 is 13.4 Å². The van der Waals surface area contributed by atoms with Crippen molar-refractivity contribution in [1.82, 2.24) is 0 Å². The Morgan fingerprint density at radius 2 is 2.09 bits per heavy atom. The van der Waals surface area contributed by atoms with Crippen LogP contribution in [-0.4, -0.2) is 7.85 Å². The lowest BCUT2D eigenvalue weighted by Gasteiger charge is -2.00. The minimum absolute atomic E-state index is 0.146. The molecule has 0 saturated heterocycles. The molecular weight excluding hydrogens is 131 g/mol. The molecule has 2 rings (SSSR count). The van der Waals surface area contributed by atoms with E-state index in [1.807, 2.05) is 12.1 Å². The van der Waals surface area contributed by atoms with E-state index in [2.05, 4.69) is 18.7 Å². The summed E-state index contributed by atoms with van der Waals surface area (Å²) in [6.45, 7) is 3.95. The molecule has 1 aliphatic carbocycles. The lowest BCUT2D eigenvalue weighted by Crippen LogP contribution is -1.86. The lowest BCUT2D eigenvalue weighted by molar-refractivity contribution is 1.07. The van der Waals surface area contributed by atoms with Crippen molar-refractivity contribution in [1.29, 1.82) is 0 Å². The average Bonchev–Trinajstić information content (AvgIpc) is 2.30. The molecule has 2 radical (unpaired) electrons. The fraction of sp³-hybridized carbons (Fsp3) is 0.200. The number of rotatable bonds is 0. The first-order valence-corrected chi connectivity index (χ1v) is 3.81. The predicted octanol–water partition coefficient (Wildman–Crippen LogP) is 2.21. The van der Waals surface area contributed by atoms with Gasteiger partial charge in [-0.1, -0.05) is 36.4 Å². The summed E-state index contributed by atoms with van der Waals surface area (Å²) in [5.41, 5.74) is 3.67. The van der Waals surface area contributed by atoms with Crippen molar-refractivity contribution in [2.75, 3.05) is 0 Å². The van der Waals surface area contributed by atoms with Crippen LogP contribution in [0.5, 0.6) is 0 Å². The highest BCUT2D eigenvalue weighted by Gasteiger charge is 2.19. The molecule has 0 fully saturated rings. The van der Waals surface area contributed by atoms with Crippen LogP contribution in [0.2, 0.25) is 5.82 Å². The van der Waals surface area contributed by atoms with Gasteiger partial charge in [-0.2, -0.15) is 0 Å². The van der Waals surface area contributed by atoms with Crippen LogP contribution in [0.15, 0.2) is 30.8 Å². The van der Waals surface area contributed by atoms with Crippen LogP contribution in [0.3, 0.4) is 0 Å². The van der Waals surface area contributed by atoms with Crippen LogP contribution < -0.4 is 0 Å². The Morgan fingerprint density at radius 1 is 1.36 bits per heavy atom. The molecule has 0 nitrogen and oxygen atoms in total. The second kappa shape index (κ2) is 2.26. The summed E-state index contributed by atoms with van der Waals surface area (Å²) in [5.74, 6) is 0.146. The number of hydrogen-bond donors (Lipinski definition) is 0. The average molecular weight is 140 g/mol. The zero-order chi connectivity index (χ0) is 7.84. The third-order valence-corrected chi connectivity index (χ3v) is 2.25. The molecule has 1 unspecified atom stereocenters. The van der Waals surface area contributed by atoms with E-state index >= 15 is 0 Å². The van der Waals surface area contributed by atoms with Gasteiger partial charge in [0, 0.05) is 0 Å². The number of benzene rings is 1. The maximum Gasteiger partial charge on any atom is 0.0768 e. The van der Waals surface area contributed by atoms with Crippen LogP contribution in [0, 0.1) is 0 Å². The highest BCUT2D eigenvalue weighted by Crippen LogP contribution is 2.37. The standard InChI is InChI=1S/C10H9B/c1-7-9-5-3-2-4-8(9)6-10(7)11/h2-5,10H,1,6H2. The molecule has 1 aromatic carbocycles. The van der Waals surface area contributed by atoms with E-state index in [0.717, 1.165) is 12.0 Å². The molecule has 1 aromatic rings. The topological polar surface area (TPSA) is 0 Å². The molecule has 1 heteroatoms. The summed E-state index contributed by atoms with van der Waals surface area (Å²) >= 11 is 0. The Bertz CT molecular complexity index is 301. The molecule has 0 spiro atoms. The van der Waals surface area contributed by atoms with Gasteiger partial charge in [-0.25, -0.2) is 0 Å². The first-order valence-electron chi connectivity index (χ1n) is 3.81. The third kappa shape index (κ3) is 0.918. The molecule has 1 aliphatic rings. The first-order chi connectivity index (χ1) is 5.29. The summed E-state index contributed by atoms with van der Waals surface area (Å²) in [6, 6.07) is 8.28. The third-order valence-electron chi connectivity index (χ3n) is 2.25. The molecular formula is C10H9B. The van der Waals surface area contributed by atoms with Gasteiger partial charge in [-0.3, -0.25) is 0 Å². The largest absolute Gasteiger partial charge is 0.0957 e. The maximum absolute atomic E-state index is 5.83. The first kappa shape index (κ1) is 6.72. The molecule has 11 heavy (non-hydrogen) atoms. The van der Waals surface area contributed by atoms with Gasteiger partial charge >= 0.3 is 0 Å². The Balaban J connectivity index is 2.55. The molecule has 0 saturated carbocycles. The highest BCUT2D eigenvalue weighted by molar-refractivity contribution is 6.19. The van der Waals surface area contributed by atoms with Gasteiger partial charge < -0.3 is 0 Å². The zero-order valence-corrected chi connectivity index (χ0v) is 6.38. The second-order valence-corrected chi connectivity index (χ2v) is 2.99. The van der Waals surface area contributed by atoms with Gasteiger partial charge in [0.1, 0.15) is 0 Å². The van der Waals surface area contributed by atoms with Gasteiger partial charge in [0.15, 0.2) is 0 Å². The van der Waals surface area contributed by atoms with E-state index in [-0.39, 0.29) is 5.82 Å². The minimum atomic E-state index is 0.146. The van der Waals surface area contributed by atoms with Crippen LogP contribution in [-0.2, 0) is 6.42 Å². The summed E-state index contributed by atoms with van der Waals surface area (Å²) in [7, 11) is 5.83. The smallest absolute Gasteiger partial charge is 0.0768 e. The van der Waals surface area contributed by atoms with Crippen LogP contribution in [0.25, 0.3) is 5.57 Å². The fourth-order valence-electron chi connectivity index (χ4n) is 1.57. The quantitative estimate of drug-likeness (QED) is 0.484. The van der Waals surface area contributed by atoms with Gasteiger partial charge in [0.2, 0.25) is 0 Å². The molecule has 0 heterocycles. The van der Waals surface area contributed by atoms with Gasteiger partial charge in [-0.05, 0) is 23.4 Å². The number of hydrogen-bond acceptors (Lipinski definition) is 0. The normalized spacial score (nSPS) is 21.8. The lowest BCUT2D eigenvalue weighted by atomic mass is 9.82. The van der Waals surface area contributed by atoms with Crippen molar-refractivity contribution in [2.45, 2.75) is 12.2 Å². The van der Waals surface area contributed by atoms with E-state index in [4.69, 9.17) is 7.85 Å². The molecule has 0 aliphatic heterocycles. The summed E-state index contributed by atoms with van der Waals surface area (Å²) < 4.78 is 0. The maximum atomic E-state index is 5.83. The second-order valence-electron chi connectivity index (χ2n) is 2.99. The summed E-state index contributed by atoms with van der Waals surface area (Å²) in [5, 5.41) is 0. The molecule has 1 atom stereocenters. The van der Waals surface area contributed by atoms with E-state index in [9.17, 15) is 0 Å². The Hall–Kier alpha value is -0.975. The van der Waals surface area contributed by atoms with Crippen molar-refractivity contribution in [2.24, 2.45) is 0 Å². The van der Waals surface area contributed by atoms with Crippen molar-refractivity contribution in [3.05, 3.63) is 42.0 Å². The molecule has 0 bridgehead atoms. The monoisotopic (exact) mass is 140 g/mol. The Morgan fingerprint density at radius 3 is 2.82 bits per heavy atom. The van der Waals surface area contributed by atoms with Crippen LogP contribution >= 0.6 is 0 Å². The SMILES string of the molecule is [B]C1Cc2ccccc2C1=C. The Kier molecular flexibility index (Phi) is 1.38. The fourth-order valence-corrected chi connectivity index (χ4v) is 1.57. The van der Waals surface area contributed by atoms with Crippen LogP contribution in [0.1, 0.15) is 11.1 Å². The van der Waals surface area contributed by atoms with Gasteiger partial charge in [0.25, 0.3) is 0 Å². The van der Waals surface area contributed by atoms with Crippen molar-refractivity contribution in [3.63, 3.8) is 0 Å². The zero-order valence-electron chi connectivity index (χ0n) is 6.38. The number of allylic oxidation sites excluding steroid dienone is 1.